The second-order valence-corrected chi connectivity index (χ2v) is 2.78. The molecule has 1 aromatic heterocycles. The molecule has 0 spiro atoms. The van der Waals surface area contributed by atoms with Gasteiger partial charge < -0.3 is 4.74 Å². The minimum Gasteiger partial charge on any atom is -0.478 e. The lowest BCUT2D eigenvalue weighted by Crippen LogP contribution is -2.00. The summed E-state index contributed by atoms with van der Waals surface area (Å²) in [5.41, 5.74) is 2.29. The van der Waals surface area contributed by atoms with Crippen LogP contribution in [0.1, 0.15) is 39.0 Å². The molecule has 0 radical (unpaired) electrons. The van der Waals surface area contributed by atoms with E-state index in [4.69, 9.17) is 4.74 Å². The van der Waals surface area contributed by atoms with Crippen molar-refractivity contribution in [1.82, 2.24) is 9.78 Å². The van der Waals surface area contributed by atoms with Crippen LogP contribution in [0.25, 0.3) is 0 Å². The van der Waals surface area contributed by atoms with Crippen molar-refractivity contribution < 1.29 is 4.74 Å². The quantitative estimate of drug-likeness (QED) is 0.746. The van der Waals surface area contributed by atoms with E-state index in [1.807, 2.05) is 34.7 Å². The van der Waals surface area contributed by atoms with Crippen LogP contribution in [0.2, 0.25) is 0 Å². The molecule has 0 aliphatic heterocycles. The van der Waals surface area contributed by atoms with Crippen LogP contribution >= 0.6 is 0 Å². The molecule has 1 aromatic rings. The highest BCUT2D eigenvalue weighted by Gasteiger charge is 2.11. The number of aromatic nitrogens is 2. The zero-order valence-electron chi connectivity index (χ0n) is 10.2. The Morgan fingerprint density at radius 3 is 2.29 bits per heavy atom. The van der Waals surface area contributed by atoms with Crippen LogP contribution in [-0.4, -0.2) is 16.4 Å². The summed E-state index contributed by atoms with van der Waals surface area (Å²) < 4.78 is 7.28. The van der Waals surface area contributed by atoms with Crippen molar-refractivity contribution in [3.63, 3.8) is 0 Å². The standard InChI is InChI=1S/C9H16N2O.C2H6/c1-5-8-7(3)10-11(4)9(8)12-6-2;1-2/h5-6H2,1-4H3;1-2H3. The van der Waals surface area contributed by atoms with E-state index in [1.165, 1.54) is 5.56 Å². The van der Waals surface area contributed by atoms with Gasteiger partial charge in [0.05, 0.1) is 12.3 Å². The lowest BCUT2D eigenvalue weighted by atomic mass is 10.2. The molecule has 1 heterocycles. The molecule has 0 amide bonds. The maximum Gasteiger partial charge on any atom is 0.215 e. The van der Waals surface area contributed by atoms with Gasteiger partial charge >= 0.3 is 0 Å². The van der Waals surface area contributed by atoms with E-state index in [2.05, 4.69) is 12.0 Å². The fourth-order valence-corrected chi connectivity index (χ4v) is 1.41. The third-order valence-electron chi connectivity index (χ3n) is 1.92. The molecule has 1 rings (SSSR count). The highest BCUT2D eigenvalue weighted by atomic mass is 16.5. The van der Waals surface area contributed by atoms with E-state index >= 15 is 0 Å². The second kappa shape index (κ2) is 6.46. The zero-order valence-corrected chi connectivity index (χ0v) is 10.2. The summed E-state index contributed by atoms with van der Waals surface area (Å²) in [6.45, 7) is 10.8. The SMILES string of the molecule is CC.CCOc1c(CC)c(C)nn1C. The summed E-state index contributed by atoms with van der Waals surface area (Å²) in [5.74, 6) is 0.914. The topological polar surface area (TPSA) is 27.1 Å². The molecule has 3 nitrogen and oxygen atoms in total. The van der Waals surface area contributed by atoms with Gasteiger partial charge in [0.1, 0.15) is 0 Å². The zero-order chi connectivity index (χ0) is 11.1. The average molecular weight is 198 g/mol. The van der Waals surface area contributed by atoms with Crippen molar-refractivity contribution in [3.05, 3.63) is 11.3 Å². The number of hydrogen-bond donors (Lipinski definition) is 0. The van der Waals surface area contributed by atoms with E-state index in [0.29, 0.717) is 6.61 Å². The maximum atomic E-state index is 5.48. The summed E-state index contributed by atoms with van der Waals surface area (Å²) in [6.07, 6.45) is 0.981. The Labute approximate surface area is 87.1 Å². The van der Waals surface area contributed by atoms with Crippen molar-refractivity contribution in [1.29, 1.82) is 0 Å². The van der Waals surface area contributed by atoms with Crippen LogP contribution in [0, 0.1) is 6.92 Å². The normalized spacial score (nSPS) is 9.29. The maximum absolute atomic E-state index is 5.48. The lowest BCUT2D eigenvalue weighted by molar-refractivity contribution is 0.306. The molecule has 0 aromatic carbocycles. The Kier molecular flexibility index (Phi) is 6.00. The van der Waals surface area contributed by atoms with E-state index in [1.54, 1.807) is 4.68 Å². The van der Waals surface area contributed by atoms with Gasteiger partial charge in [0.25, 0.3) is 0 Å². The predicted octanol–water partition coefficient (Wildman–Crippen LogP) is 2.72. The summed E-state index contributed by atoms with van der Waals surface area (Å²) in [4.78, 5) is 0. The minimum atomic E-state index is 0.700. The van der Waals surface area contributed by atoms with Gasteiger partial charge in [-0.3, -0.25) is 0 Å². The molecule has 0 bridgehead atoms. The number of nitrogens with zero attached hydrogens (tertiary/aromatic N) is 2. The third kappa shape index (κ3) is 2.76. The fraction of sp³-hybridized carbons (Fsp3) is 0.727. The number of ether oxygens (including phenoxy) is 1. The average Bonchev–Trinajstić information content (AvgIpc) is 2.45. The van der Waals surface area contributed by atoms with Gasteiger partial charge in [0.15, 0.2) is 0 Å². The molecule has 0 atom stereocenters. The number of rotatable bonds is 3. The molecule has 0 aliphatic rings. The van der Waals surface area contributed by atoms with Crippen molar-refractivity contribution in [3.8, 4) is 5.88 Å². The number of aryl methyl sites for hydroxylation is 2. The fourth-order valence-electron chi connectivity index (χ4n) is 1.41. The van der Waals surface area contributed by atoms with E-state index in [-0.39, 0.29) is 0 Å². The van der Waals surface area contributed by atoms with Crippen LogP contribution in [-0.2, 0) is 13.5 Å². The smallest absolute Gasteiger partial charge is 0.215 e. The van der Waals surface area contributed by atoms with Gasteiger partial charge in [-0.15, -0.1) is 0 Å². The van der Waals surface area contributed by atoms with Crippen LogP contribution in [0.5, 0.6) is 5.88 Å². The second-order valence-electron chi connectivity index (χ2n) is 2.78. The van der Waals surface area contributed by atoms with Gasteiger partial charge in [-0.2, -0.15) is 5.10 Å². The lowest BCUT2D eigenvalue weighted by Gasteiger charge is -2.04. The molecule has 0 saturated heterocycles. The molecule has 0 aliphatic carbocycles. The molecular formula is C11H22N2O. The van der Waals surface area contributed by atoms with Gasteiger partial charge in [-0.25, -0.2) is 4.68 Å². The van der Waals surface area contributed by atoms with Crippen molar-refractivity contribution in [2.24, 2.45) is 7.05 Å². The van der Waals surface area contributed by atoms with Gasteiger partial charge in [-0.05, 0) is 20.3 Å². The highest BCUT2D eigenvalue weighted by Crippen LogP contribution is 2.21. The number of hydrogen-bond acceptors (Lipinski definition) is 2. The monoisotopic (exact) mass is 198 g/mol. The Hall–Kier alpha value is -0.990. The first-order chi connectivity index (χ1) is 6.70. The van der Waals surface area contributed by atoms with Crippen LogP contribution < -0.4 is 4.74 Å². The summed E-state index contributed by atoms with van der Waals surface area (Å²) in [7, 11) is 1.91. The Balaban J connectivity index is 0.000000791. The van der Waals surface area contributed by atoms with E-state index in [0.717, 1.165) is 18.0 Å². The molecule has 82 valence electrons. The Morgan fingerprint density at radius 2 is 1.86 bits per heavy atom. The first kappa shape index (κ1) is 13.0. The first-order valence-electron chi connectivity index (χ1n) is 5.35. The van der Waals surface area contributed by atoms with Gasteiger partial charge in [-0.1, -0.05) is 20.8 Å². The minimum absolute atomic E-state index is 0.700. The Morgan fingerprint density at radius 1 is 1.29 bits per heavy atom. The van der Waals surface area contributed by atoms with E-state index in [9.17, 15) is 0 Å². The predicted molar refractivity (Wildman–Crippen MR) is 59.8 cm³/mol. The molecule has 0 N–H and O–H groups in total. The molecular weight excluding hydrogens is 176 g/mol. The van der Waals surface area contributed by atoms with Crippen molar-refractivity contribution in [2.75, 3.05) is 6.61 Å². The summed E-state index contributed by atoms with van der Waals surface area (Å²) >= 11 is 0. The molecule has 3 heteroatoms. The van der Waals surface area contributed by atoms with Crippen LogP contribution in [0.4, 0.5) is 0 Å². The molecule has 0 unspecified atom stereocenters. The van der Waals surface area contributed by atoms with Gasteiger partial charge in [0, 0.05) is 12.6 Å². The van der Waals surface area contributed by atoms with Crippen LogP contribution in [0.15, 0.2) is 0 Å². The summed E-state index contributed by atoms with van der Waals surface area (Å²) in [5, 5.41) is 4.29. The third-order valence-corrected chi connectivity index (χ3v) is 1.92. The molecule has 14 heavy (non-hydrogen) atoms. The van der Waals surface area contributed by atoms with E-state index < -0.39 is 0 Å². The largest absolute Gasteiger partial charge is 0.478 e. The summed E-state index contributed by atoms with van der Waals surface area (Å²) in [6, 6.07) is 0. The molecule has 0 fully saturated rings. The highest BCUT2D eigenvalue weighted by molar-refractivity contribution is 5.30. The Bertz CT molecular complexity index is 266. The first-order valence-corrected chi connectivity index (χ1v) is 5.35. The van der Waals surface area contributed by atoms with Crippen molar-refractivity contribution in [2.45, 2.75) is 41.0 Å². The molecule has 0 saturated carbocycles. The van der Waals surface area contributed by atoms with Crippen molar-refractivity contribution >= 4 is 0 Å². The van der Waals surface area contributed by atoms with Crippen LogP contribution in [0.3, 0.4) is 0 Å². The van der Waals surface area contributed by atoms with Gasteiger partial charge in [0.2, 0.25) is 5.88 Å².